The van der Waals surface area contributed by atoms with Gasteiger partial charge in [0.25, 0.3) is 0 Å². The molecule has 0 aliphatic heterocycles. The highest BCUT2D eigenvalue weighted by atomic mass is 32.2. The van der Waals surface area contributed by atoms with Crippen LogP contribution in [0.15, 0.2) is 0 Å². The SMILES string of the molecule is CCNC1CCC(S(=O)C2CCCC2)C1. The zero-order valence-electron chi connectivity index (χ0n) is 9.71. The average molecular weight is 229 g/mol. The van der Waals surface area contributed by atoms with Gasteiger partial charge in [-0.15, -0.1) is 0 Å². The predicted octanol–water partition coefficient (Wildman–Crippen LogP) is 2.21. The Morgan fingerprint density at radius 1 is 1.13 bits per heavy atom. The Labute approximate surface area is 95.7 Å². The van der Waals surface area contributed by atoms with Crippen LogP contribution >= 0.6 is 0 Å². The Morgan fingerprint density at radius 3 is 2.53 bits per heavy atom. The minimum absolute atomic E-state index is 0.497. The van der Waals surface area contributed by atoms with Crippen LogP contribution in [0, 0.1) is 0 Å². The maximum Gasteiger partial charge on any atom is 0.0366 e. The first kappa shape index (κ1) is 11.6. The van der Waals surface area contributed by atoms with E-state index in [1.165, 1.54) is 38.5 Å². The first-order valence-electron chi connectivity index (χ1n) is 6.44. The summed E-state index contributed by atoms with van der Waals surface area (Å²) in [6.07, 6.45) is 8.61. The fraction of sp³-hybridized carbons (Fsp3) is 1.00. The molecule has 0 bridgehead atoms. The topological polar surface area (TPSA) is 29.1 Å². The fourth-order valence-corrected chi connectivity index (χ4v) is 5.15. The second kappa shape index (κ2) is 5.44. The molecule has 3 atom stereocenters. The third kappa shape index (κ3) is 2.82. The predicted molar refractivity (Wildman–Crippen MR) is 65.5 cm³/mol. The molecule has 2 aliphatic rings. The summed E-state index contributed by atoms with van der Waals surface area (Å²) in [6.45, 7) is 3.20. The molecule has 0 aromatic heterocycles. The summed E-state index contributed by atoms with van der Waals surface area (Å²) in [5.74, 6) is 0. The molecule has 0 amide bonds. The maximum atomic E-state index is 12.3. The highest BCUT2D eigenvalue weighted by Gasteiger charge is 2.33. The van der Waals surface area contributed by atoms with Gasteiger partial charge in [-0.3, -0.25) is 4.21 Å². The minimum Gasteiger partial charge on any atom is -0.314 e. The number of hydrogen-bond acceptors (Lipinski definition) is 2. The molecule has 0 spiro atoms. The van der Waals surface area contributed by atoms with Gasteiger partial charge < -0.3 is 5.32 Å². The van der Waals surface area contributed by atoms with Crippen molar-refractivity contribution in [1.82, 2.24) is 5.32 Å². The van der Waals surface area contributed by atoms with Crippen molar-refractivity contribution in [2.75, 3.05) is 6.54 Å². The van der Waals surface area contributed by atoms with Crippen molar-refractivity contribution in [3.8, 4) is 0 Å². The van der Waals surface area contributed by atoms with Crippen LogP contribution in [0.2, 0.25) is 0 Å². The van der Waals surface area contributed by atoms with Crippen LogP contribution in [0.4, 0.5) is 0 Å². The summed E-state index contributed by atoms with van der Waals surface area (Å²) in [5, 5.41) is 4.52. The Kier molecular flexibility index (Phi) is 4.21. The fourth-order valence-electron chi connectivity index (χ4n) is 3.02. The molecule has 2 saturated carbocycles. The van der Waals surface area contributed by atoms with Crippen molar-refractivity contribution in [2.45, 2.75) is 68.4 Å². The maximum absolute atomic E-state index is 12.3. The van der Waals surface area contributed by atoms with E-state index in [4.69, 9.17) is 0 Å². The van der Waals surface area contributed by atoms with Gasteiger partial charge in [-0.25, -0.2) is 0 Å². The standard InChI is InChI=1S/C12H23NOS/c1-2-13-10-7-8-12(9-10)15(14)11-5-3-4-6-11/h10-13H,2-9H2,1H3. The van der Waals surface area contributed by atoms with Crippen LogP contribution in [-0.2, 0) is 10.8 Å². The monoisotopic (exact) mass is 229 g/mol. The van der Waals surface area contributed by atoms with Crippen molar-refractivity contribution in [2.24, 2.45) is 0 Å². The molecule has 88 valence electrons. The highest BCUT2D eigenvalue weighted by Crippen LogP contribution is 2.31. The molecule has 3 heteroatoms. The van der Waals surface area contributed by atoms with E-state index >= 15 is 0 Å². The number of nitrogens with one attached hydrogen (secondary N) is 1. The highest BCUT2D eigenvalue weighted by molar-refractivity contribution is 7.86. The normalized spacial score (nSPS) is 34.7. The van der Waals surface area contributed by atoms with Crippen molar-refractivity contribution in [3.63, 3.8) is 0 Å². The second-order valence-corrected chi connectivity index (χ2v) is 6.92. The third-order valence-corrected chi connectivity index (χ3v) is 6.05. The van der Waals surface area contributed by atoms with E-state index in [1.54, 1.807) is 0 Å². The minimum atomic E-state index is -0.535. The van der Waals surface area contributed by atoms with Crippen molar-refractivity contribution in [1.29, 1.82) is 0 Å². The van der Waals surface area contributed by atoms with Gasteiger partial charge >= 0.3 is 0 Å². The Balaban J connectivity index is 1.81. The van der Waals surface area contributed by atoms with E-state index < -0.39 is 10.8 Å². The second-order valence-electron chi connectivity index (χ2n) is 4.92. The Hall–Kier alpha value is 0.110. The third-order valence-electron chi connectivity index (χ3n) is 3.84. The summed E-state index contributed by atoms with van der Waals surface area (Å²) >= 11 is 0. The zero-order valence-corrected chi connectivity index (χ0v) is 10.5. The van der Waals surface area contributed by atoms with Crippen LogP contribution in [0.3, 0.4) is 0 Å². The lowest BCUT2D eigenvalue weighted by atomic mass is 10.2. The largest absolute Gasteiger partial charge is 0.314 e. The van der Waals surface area contributed by atoms with E-state index in [1.807, 2.05) is 0 Å². The zero-order chi connectivity index (χ0) is 10.7. The van der Waals surface area contributed by atoms with E-state index in [0.29, 0.717) is 16.5 Å². The van der Waals surface area contributed by atoms with Gasteiger partial charge in [0.05, 0.1) is 0 Å². The Morgan fingerprint density at radius 2 is 1.87 bits per heavy atom. The molecule has 2 fully saturated rings. The quantitative estimate of drug-likeness (QED) is 0.801. The van der Waals surface area contributed by atoms with Crippen LogP contribution in [-0.4, -0.2) is 27.3 Å². The van der Waals surface area contributed by atoms with Crippen molar-refractivity contribution < 1.29 is 4.21 Å². The summed E-state index contributed by atoms with van der Waals surface area (Å²) in [5.41, 5.74) is 0. The van der Waals surface area contributed by atoms with Crippen molar-refractivity contribution in [3.05, 3.63) is 0 Å². The smallest absolute Gasteiger partial charge is 0.0366 e. The van der Waals surface area contributed by atoms with Gasteiger partial charge in [0.2, 0.25) is 0 Å². The molecule has 2 rings (SSSR count). The van der Waals surface area contributed by atoms with Gasteiger partial charge in [-0.1, -0.05) is 19.8 Å². The van der Waals surface area contributed by atoms with Crippen LogP contribution < -0.4 is 5.32 Å². The molecule has 0 heterocycles. The first-order valence-corrected chi connectivity index (χ1v) is 7.71. The molecular formula is C12H23NOS. The molecule has 0 radical (unpaired) electrons. The summed E-state index contributed by atoms with van der Waals surface area (Å²) in [4.78, 5) is 0. The summed E-state index contributed by atoms with van der Waals surface area (Å²) < 4.78 is 12.3. The van der Waals surface area contributed by atoms with Gasteiger partial charge in [0.1, 0.15) is 0 Å². The molecular weight excluding hydrogens is 206 g/mol. The molecule has 2 nitrogen and oxygen atoms in total. The number of hydrogen-bond donors (Lipinski definition) is 1. The summed E-state index contributed by atoms with van der Waals surface area (Å²) in [6, 6.07) is 0.644. The molecule has 0 aromatic rings. The van der Waals surface area contributed by atoms with E-state index in [-0.39, 0.29) is 0 Å². The van der Waals surface area contributed by atoms with Crippen LogP contribution in [0.25, 0.3) is 0 Å². The van der Waals surface area contributed by atoms with E-state index in [2.05, 4.69) is 12.2 Å². The van der Waals surface area contributed by atoms with Gasteiger partial charge in [-0.05, 0) is 38.6 Å². The van der Waals surface area contributed by atoms with Gasteiger partial charge in [0, 0.05) is 27.3 Å². The lowest BCUT2D eigenvalue weighted by Gasteiger charge is -2.16. The number of rotatable bonds is 4. The average Bonchev–Trinajstić information content (AvgIpc) is 2.87. The lowest BCUT2D eigenvalue weighted by molar-refractivity contribution is 0.542. The van der Waals surface area contributed by atoms with Crippen LogP contribution in [0.1, 0.15) is 51.9 Å². The molecule has 0 saturated heterocycles. The van der Waals surface area contributed by atoms with E-state index in [9.17, 15) is 4.21 Å². The molecule has 2 aliphatic carbocycles. The molecule has 3 unspecified atom stereocenters. The Bertz CT molecular complexity index is 226. The molecule has 15 heavy (non-hydrogen) atoms. The van der Waals surface area contributed by atoms with E-state index in [0.717, 1.165) is 13.0 Å². The van der Waals surface area contributed by atoms with Gasteiger partial charge in [-0.2, -0.15) is 0 Å². The first-order chi connectivity index (χ1) is 7.31. The summed E-state index contributed by atoms with van der Waals surface area (Å²) in [7, 11) is -0.535. The molecule has 0 aromatic carbocycles. The van der Waals surface area contributed by atoms with Gasteiger partial charge in [0.15, 0.2) is 0 Å². The van der Waals surface area contributed by atoms with Crippen molar-refractivity contribution >= 4 is 10.8 Å². The lowest BCUT2D eigenvalue weighted by Crippen LogP contribution is -2.28. The van der Waals surface area contributed by atoms with Crippen LogP contribution in [0.5, 0.6) is 0 Å². The molecule has 1 N–H and O–H groups in total.